The SMILES string of the molecule is C[C@H](CCc1ccccc1)NC(=O)CN(c1ccccc1F)S(=O)(=O)c1cccs1. The van der Waals surface area contributed by atoms with E-state index in [0.717, 1.165) is 27.6 Å². The topological polar surface area (TPSA) is 66.5 Å². The highest BCUT2D eigenvalue weighted by molar-refractivity contribution is 7.94. The van der Waals surface area contributed by atoms with E-state index in [1.54, 1.807) is 11.4 Å². The fourth-order valence-electron chi connectivity index (χ4n) is 3.02. The number of sulfonamides is 1. The van der Waals surface area contributed by atoms with Gasteiger partial charge < -0.3 is 5.32 Å². The molecule has 158 valence electrons. The molecule has 0 aliphatic heterocycles. The minimum absolute atomic E-state index is 0.0516. The summed E-state index contributed by atoms with van der Waals surface area (Å²) in [6.45, 7) is 1.36. The zero-order valence-corrected chi connectivity index (χ0v) is 18.1. The average Bonchev–Trinajstić information content (AvgIpc) is 3.28. The van der Waals surface area contributed by atoms with Gasteiger partial charge in [-0.3, -0.25) is 9.10 Å². The third kappa shape index (κ3) is 5.46. The maximum absolute atomic E-state index is 14.4. The predicted octanol–water partition coefficient (Wildman–Crippen LogP) is 4.22. The number of carbonyl (C=O) groups is 1. The van der Waals surface area contributed by atoms with Crippen LogP contribution in [0.1, 0.15) is 18.9 Å². The van der Waals surface area contributed by atoms with E-state index in [0.29, 0.717) is 6.42 Å². The number of halogens is 1. The molecule has 0 aliphatic rings. The van der Waals surface area contributed by atoms with Gasteiger partial charge in [0.25, 0.3) is 10.0 Å². The molecule has 3 aromatic rings. The largest absolute Gasteiger partial charge is 0.352 e. The van der Waals surface area contributed by atoms with Gasteiger partial charge in [0.15, 0.2) is 0 Å². The number of aryl methyl sites for hydroxylation is 1. The smallest absolute Gasteiger partial charge is 0.274 e. The molecule has 0 unspecified atom stereocenters. The summed E-state index contributed by atoms with van der Waals surface area (Å²) in [5, 5.41) is 4.45. The summed E-state index contributed by atoms with van der Waals surface area (Å²) < 4.78 is 41.4. The van der Waals surface area contributed by atoms with Crippen molar-refractivity contribution >= 4 is 33.0 Å². The van der Waals surface area contributed by atoms with E-state index >= 15 is 0 Å². The number of nitrogens with one attached hydrogen (secondary N) is 1. The summed E-state index contributed by atoms with van der Waals surface area (Å²) in [4.78, 5) is 12.6. The van der Waals surface area contributed by atoms with Crippen LogP contribution in [0.4, 0.5) is 10.1 Å². The van der Waals surface area contributed by atoms with Gasteiger partial charge in [-0.25, -0.2) is 12.8 Å². The molecule has 0 radical (unpaired) electrons. The highest BCUT2D eigenvalue weighted by Crippen LogP contribution is 2.28. The Hall–Kier alpha value is -2.71. The lowest BCUT2D eigenvalue weighted by Gasteiger charge is -2.24. The van der Waals surface area contributed by atoms with Crippen molar-refractivity contribution in [1.29, 1.82) is 0 Å². The van der Waals surface area contributed by atoms with Gasteiger partial charge in [0, 0.05) is 6.04 Å². The first kappa shape index (κ1) is 22.0. The minimum atomic E-state index is -4.07. The van der Waals surface area contributed by atoms with Crippen LogP contribution in [0.3, 0.4) is 0 Å². The van der Waals surface area contributed by atoms with Gasteiger partial charge in [0.2, 0.25) is 5.91 Å². The zero-order chi connectivity index (χ0) is 21.6. The van der Waals surface area contributed by atoms with Gasteiger partial charge in [0.05, 0.1) is 5.69 Å². The molecule has 1 atom stereocenters. The van der Waals surface area contributed by atoms with Crippen LogP contribution in [0.15, 0.2) is 76.3 Å². The second-order valence-corrected chi connectivity index (χ2v) is 9.92. The number of para-hydroxylation sites is 1. The molecule has 0 bridgehead atoms. The number of hydrogen-bond donors (Lipinski definition) is 1. The van der Waals surface area contributed by atoms with Crippen LogP contribution < -0.4 is 9.62 Å². The third-order valence-corrected chi connectivity index (χ3v) is 7.70. The summed E-state index contributed by atoms with van der Waals surface area (Å²) in [6.07, 6.45) is 1.49. The molecule has 1 heterocycles. The van der Waals surface area contributed by atoms with Gasteiger partial charge in [-0.15, -0.1) is 11.3 Å². The van der Waals surface area contributed by atoms with Crippen LogP contribution in [0.25, 0.3) is 0 Å². The van der Waals surface area contributed by atoms with Crippen LogP contribution in [-0.2, 0) is 21.2 Å². The number of hydrogen-bond acceptors (Lipinski definition) is 4. The Kier molecular flexibility index (Phi) is 7.23. The number of carbonyl (C=O) groups excluding carboxylic acids is 1. The van der Waals surface area contributed by atoms with E-state index in [4.69, 9.17) is 0 Å². The van der Waals surface area contributed by atoms with Crippen LogP contribution in [0.2, 0.25) is 0 Å². The molecule has 0 aliphatic carbocycles. The fraction of sp³-hybridized carbons (Fsp3) is 0.227. The van der Waals surface area contributed by atoms with Gasteiger partial charge in [-0.2, -0.15) is 0 Å². The third-order valence-electron chi connectivity index (χ3n) is 4.56. The van der Waals surface area contributed by atoms with Crippen LogP contribution in [0, 0.1) is 5.82 Å². The molecule has 3 rings (SSSR count). The Bertz CT molecular complexity index is 1070. The molecule has 8 heteroatoms. The van der Waals surface area contributed by atoms with Crippen molar-refractivity contribution < 1.29 is 17.6 Å². The van der Waals surface area contributed by atoms with E-state index < -0.39 is 28.3 Å². The van der Waals surface area contributed by atoms with Gasteiger partial charge in [0.1, 0.15) is 16.6 Å². The lowest BCUT2D eigenvalue weighted by molar-refractivity contribution is -0.120. The highest BCUT2D eigenvalue weighted by atomic mass is 32.2. The summed E-state index contributed by atoms with van der Waals surface area (Å²) in [5.41, 5.74) is 1.00. The molecule has 1 amide bonds. The predicted molar refractivity (Wildman–Crippen MR) is 118 cm³/mol. The van der Waals surface area contributed by atoms with E-state index in [-0.39, 0.29) is 15.9 Å². The van der Waals surface area contributed by atoms with Crippen molar-refractivity contribution in [2.75, 3.05) is 10.8 Å². The fourth-order valence-corrected chi connectivity index (χ4v) is 5.56. The number of thiophene rings is 1. The molecule has 1 aromatic heterocycles. The van der Waals surface area contributed by atoms with Gasteiger partial charge in [-0.05, 0) is 48.9 Å². The summed E-state index contributed by atoms with van der Waals surface area (Å²) >= 11 is 1.02. The molecule has 2 aromatic carbocycles. The monoisotopic (exact) mass is 446 g/mol. The van der Waals surface area contributed by atoms with Crippen molar-refractivity contribution in [2.24, 2.45) is 0 Å². The summed E-state index contributed by atoms with van der Waals surface area (Å²) in [7, 11) is -4.07. The second-order valence-electron chi connectivity index (χ2n) is 6.89. The zero-order valence-electron chi connectivity index (χ0n) is 16.5. The standard InChI is InChI=1S/C22H23FN2O3S2/c1-17(13-14-18-8-3-2-4-9-18)24-21(26)16-25(20-11-6-5-10-19(20)23)30(27,28)22-12-7-15-29-22/h2-12,15,17H,13-14,16H2,1H3,(H,24,26)/t17-/m1/s1. The number of anilines is 1. The first-order chi connectivity index (χ1) is 14.4. The first-order valence-corrected chi connectivity index (χ1v) is 11.8. The lowest BCUT2D eigenvalue weighted by atomic mass is 10.1. The molecule has 0 saturated carbocycles. The number of nitrogens with zero attached hydrogens (tertiary/aromatic N) is 1. The molecule has 0 saturated heterocycles. The molecule has 5 nitrogen and oxygen atoms in total. The van der Waals surface area contributed by atoms with Crippen molar-refractivity contribution in [1.82, 2.24) is 5.32 Å². The van der Waals surface area contributed by atoms with Gasteiger partial charge in [-0.1, -0.05) is 48.5 Å². The highest BCUT2D eigenvalue weighted by Gasteiger charge is 2.30. The number of rotatable bonds is 9. The Labute approximate surface area is 180 Å². The van der Waals surface area contributed by atoms with E-state index in [9.17, 15) is 17.6 Å². The molecular weight excluding hydrogens is 423 g/mol. The van der Waals surface area contributed by atoms with E-state index in [1.165, 1.54) is 30.3 Å². The second kappa shape index (κ2) is 9.86. The normalized spacial score (nSPS) is 12.3. The Balaban J connectivity index is 1.73. The molecule has 1 N–H and O–H groups in total. The quantitative estimate of drug-likeness (QED) is 0.535. The minimum Gasteiger partial charge on any atom is -0.352 e. The van der Waals surface area contributed by atoms with Crippen LogP contribution in [0.5, 0.6) is 0 Å². The van der Waals surface area contributed by atoms with Crippen molar-refractivity contribution in [2.45, 2.75) is 30.0 Å². The van der Waals surface area contributed by atoms with Crippen LogP contribution >= 0.6 is 11.3 Å². The Morgan fingerprint density at radius 3 is 2.43 bits per heavy atom. The molecule has 0 spiro atoms. The molecule has 0 fully saturated rings. The average molecular weight is 447 g/mol. The van der Waals surface area contributed by atoms with Crippen LogP contribution in [-0.4, -0.2) is 26.9 Å². The Morgan fingerprint density at radius 1 is 1.07 bits per heavy atom. The number of amides is 1. The maximum atomic E-state index is 14.4. The van der Waals surface area contributed by atoms with Crippen molar-refractivity contribution in [3.05, 3.63) is 83.5 Å². The van der Waals surface area contributed by atoms with Gasteiger partial charge >= 0.3 is 0 Å². The maximum Gasteiger partial charge on any atom is 0.274 e. The molecule has 30 heavy (non-hydrogen) atoms. The van der Waals surface area contributed by atoms with Crippen molar-refractivity contribution in [3.8, 4) is 0 Å². The van der Waals surface area contributed by atoms with E-state index in [2.05, 4.69) is 5.32 Å². The van der Waals surface area contributed by atoms with Crippen molar-refractivity contribution in [3.63, 3.8) is 0 Å². The number of benzene rings is 2. The molecular formula is C22H23FN2O3S2. The lowest BCUT2D eigenvalue weighted by Crippen LogP contribution is -2.43. The first-order valence-electron chi connectivity index (χ1n) is 9.52. The Morgan fingerprint density at radius 2 is 1.77 bits per heavy atom. The summed E-state index contributed by atoms with van der Waals surface area (Å²) in [6, 6.07) is 18.3. The summed E-state index contributed by atoms with van der Waals surface area (Å²) in [5.74, 6) is -1.19. The van der Waals surface area contributed by atoms with E-state index in [1.807, 2.05) is 37.3 Å².